The molecule has 7 heteroatoms. The van der Waals surface area contributed by atoms with E-state index in [1.165, 1.54) is 5.56 Å². The number of ether oxygens (including phenoxy) is 2. The Labute approximate surface area is 197 Å². The number of aryl methyl sites for hydroxylation is 1. The van der Waals surface area contributed by atoms with Crippen molar-refractivity contribution < 1.29 is 14.3 Å². The number of amides is 1. The number of benzene rings is 2. The Morgan fingerprint density at radius 3 is 2.94 bits per heavy atom. The molecule has 0 spiro atoms. The SMILES string of the molecule is Cc1cccc(-c2cnc(C3COc4ccc(Oc5ccnc6c5CCC(=O)N6)cc4C3)[nH]2)c1. The van der Waals surface area contributed by atoms with Crippen molar-refractivity contribution in [3.05, 3.63) is 83.4 Å². The van der Waals surface area contributed by atoms with Crippen LogP contribution >= 0.6 is 0 Å². The number of aromatic amines is 1. The minimum absolute atomic E-state index is 0.0161. The van der Waals surface area contributed by atoms with Gasteiger partial charge in [0.05, 0.1) is 24.4 Å². The number of fused-ring (bicyclic) bond motifs is 2. The third kappa shape index (κ3) is 3.90. The molecule has 1 unspecified atom stereocenters. The van der Waals surface area contributed by atoms with Crippen LogP contribution in [0.1, 0.15) is 34.9 Å². The van der Waals surface area contributed by atoms with Crippen molar-refractivity contribution in [3.8, 4) is 28.5 Å². The summed E-state index contributed by atoms with van der Waals surface area (Å²) in [7, 11) is 0. The highest BCUT2D eigenvalue weighted by molar-refractivity contribution is 5.93. The summed E-state index contributed by atoms with van der Waals surface area (Å²) in [6, 6.07) is 16.1. The molecule has 0 bridgehead atoms. The third-order valence-corrected chi connectivity index (χ3v) is 6.35. The fourth-order valence-corrected chi connectivity index (χ4v) is 4.59. The second-order valence-corrected chi connectivity index (χ2v) is 8.82. The standard InChI is InChI=1S/C27H24N4O3/c1-16-3-2-4-17(11-16)22-14-29-26(30-22)19-12-18-13-20(5-7-23(18)33-15-19)34-24-9-10-28-27-21(24)6-8-25(32)31-27/h2-5,7,9-11,13-14,19H,6,8,12,15H2,1H3,(H,29,30)(H,28,31,32). The summed E-state index contributed by atoms with van der Waals surface area (Å²) >= 11 is 0. The molecule has 7 nitrogen and oxygen atoms in total. The summed E-state index contributed by atoms with van der Waals surface area (Å²) in [6.45, 7) is 2.66. The van der Waals surface area contributed by atoms with Crippen molar-refractivity contribution in [2.45, 2.75) is 32.1 Å². The van der Waals surface area contributed by atoms with Gasteiger partial charge in [-0.1, -0.05) is 23.8 Å². The van der Waals surface area contributed by atoms with Crippen LogP contribution in [-0.2, 0) is 17.6 Å². The number of H-pyrrole nitrogens is 1. The number of anilines is 1. The zero-order valence-electron chi connectivity index (χ0n) is 18.8. The largest absolute Gasteiger partial charge is 0.493 e. The molecule has 2 aliphatic heterocycles. The summed E-state index contributed by atoms with van der Waals surface area (Å²) in [6.07, 6.45) is 5.40. The predicted molar refractivity (Wildman–Crippen MR) is 128 cm³/mol. The van der Waals surface area contributed by atoms with E-state index in [0.717, 1.165) is 46.1 Å². The minimum atomic E-state index is -0.0161. The number of aromatic nitrogens is 3. The average molecular weight is 453 g/mol. The number of nitrogens with zero attached hydrogens (tertiary/aromatic N) is 2. The first-order valence-corrected chi connectivity index (χ1v) is 11.5. The van der Waals surface area contributed by atoms with Crippen molar-refractivity contribution in [1.82, 2.24) is 15.0 Å². The molecule has 1 atom stereocenters. The fourth-order valence-electron chi connectivity index (χ4n) is 4.59. The van der Waals surface area contributed by atoms with Gasteiger partial charge in [0.15, 0.2) is 0 Å². The zero-order valence-corrected chi connectivity index (χ0v) is 18.8. The second-order valence-electron chi connectivity index (χ2n) is 8.82. The molecule has 4 aromatic rings. The van der Waals surface area contributed by atoms with Crippen molar-refractivity contribution in [2.24, 2.45) is 0 Å². The van der Waals surface area contributed by atoms with E-state index >= 15 is 0 Å². The molecular weight excluding hydrogens is 428 g/mol. The molecule has 2 aromatic heterocycles. The van der Waals surface area contributed by atoms with Crippen LogP contribution in [0.25, 0.3) is 11.3 Å². The summed E-state index contributed by atoms with van der Waals surface area (Å²) in [5, 5.41) is 2.82. The van der Waals surface area contributed by atoms with Crippen LogP contribution in [0.2, 0.25) is 0 Å². The van der Waals surface area contributed by atoms with E-state index < -0.39 is 0 Å². The van der Waals surface area contributed by atoms with Crippen LogP contribution in [0.5, 0.6) is 17.2 Å². The molecule has 0 fully saturated rings. The first-order chi connectivity index (χ1) is 16.6. The number of rotatable bonds is 4. The number of hydrogen-bond donors (Lipinski definition) is 2. The average Bonchev–Trinajstić information content (AvgIpc) is 3.34. The van der Waals surface area contributed by atoms with Crippen LogP contribution in [0.3, 0.4) is 0 Å². The minimum Gasteiger partial charge on any atom is -0.493 e. The Bertz CT molecular complexity index is 1390. The zero-order chi connectivity index (χ0) is 23.1. The van der Waals surface area contributed by atoms with E-state index in [-0.39, 0.29) is 11.8 Å². The van der Waals surface area contributed by atoms with Crippen molar-refractivity contribution in [3.63, 3.8) is 0 Å². The summed E-state index contributed by atoms with van der Waals surface area (Å²) in [5.41, 5.74) is 5.36. The molecule has 170 valence electrons. The van der Waals surface area contributed by atoms with E-state index in [2.05, 4.69) is 51.5 Å². The Hall–Kier alpha value is -4.13. The van der Waals surface area contributed by atoms with Crippen LogP contribution < -0.4 is 14.8 Å². The molecule has 0 saturated heterocycles. The van der Waals surface area contributed by atoms with Gasteiger partial charge >= 0.3 is 0 Å². The molecule has 2 aliphatic rings. The van der Waals surface area contributed by atoms with E-state index in [1.807, 2.05) is 30.5 Å². The second kappa shape index (κ2) is 8.33. The van der Waals surface area contributed by atoms with E-state index in [1.54, 1.807) is 6.20 Å². The van der Waals surface area contributed by atoms with Crippen molar-refractivity contribution in [1.29, 1.82) is 0 Å². The maximum Gasteiger partial charge on any atom is 0.225 e. The molecule has 6 rings (SSSR count). The van der Waals surface area contributed by atoms with Crippen molar-refractivity contribution in [2.75, 3.05) is 11.9 Å². The van der Waals surface area contributed by atoms with Crippen LogP contribution in [0, 0.1) is 6.92 Å². The van der Waals surface area contributed by atoms with Gasteiger partial charge in [0.25, 0.3) is 0 Å². The Balaban J connectivity index is 1.22. The van der Waals surface area contributed by atoms with Crippen LogP contribution in [0.4, 0.5) is 5.82 Å². The lowest BCUT2D eigenvalue weighted by Gasteiger charge is -2.25. The normalized spacial score (nSPS) is 16.7. The van der Waals surface area contributed by atoms with Gasteiger partial charge in [-0.25, -0.2) is 9.97 Å². The van der Waals surface area contributed by atoms with Gasteiger partial charge in [0, 0.05) is 18.2 Å². The number of hydrogen-bond acceptors (Lipinski definition) is 5. The maximum atomic E-state index is 11.7. The molecule has 0 saturated carbocycles. The van der Waals surface area contributed by atoms with Gasteiger partial charge < -0.3 is 19.8 Å². The maximum absolute atomic E-state index is 11.7. The third-order valence-electron chi connectivity index (χ3n) is 6.35. The first-order valence-electron chi connectivity index (χ1n) is 11.5. The van der Waals surface area contributed by atoms with Gasteiger partial charge in [-0.05, 0) is 61.2 Å². The van der Waals surface area contributed by atoms with Gasteiger partial charge in [-0.3, -0.25) is 4.79 Å². The number of carbonyl (C=O) groups excluding carboxylic acids is 1. The quantitative estimate of drug-likeness (QED) is 0.446. The smallest absolute Gasteiger partial charge is 0.225 e. The highest BCUT2D eigenvalue weighted by Crippen LogP contribution is 2.37. The van der Waals surface area contributed by atoms with E-state index in [0.29, 0.717) is 31.0 Å². The van der Waals surface area contributed by atoms with Gasteiger partial charge in [-0.2, -0.15) is 0 Å². The Kier molecular flexibility index (Phi) is 5.02. The Morgan fingerprint density at radius 1 is 1.09 bits per heavy atom. The molecule has 34 heavy (non-hydrogen) atoms. The number of pyridine rings is 1. The number of nitrogens with one attached hydrogen (secondary N) is 2. The predicted octanol–water partition coefficient (Wildman–Crippen LogP) is 5.18. The molecule has 4 heterocycles. The number of imidazole rings is 1. The molecular formula is C27H24N4O3. The lowest BCUT2D eigenvalue weighted by molar-refractivity contribution is -0.116. The monoisotopic (exact) mass is 452 g/mol. The summed E-state index contributed by atoms with van der Waals surface area (Å²) in [5.74, 6) is 3.94. The summed E-state index contributed by atoms with van der Waals surface area (Å²) < 4.78 is 12.3. The van der Waals surface area contributed by atoms with Crippen molar-refractivity contribution >= 4 is 11.7 Å². The molecule has 2 N–H and O–H groups in total. The molecule has 1 amide bonds. The number of carbonyl (C=O) groups is 1. The summed E-state index contributed by atoms with van der Waals surface area (Å²) in [4.78, 5) is 24.1. The highest BCUT2D eigenvalue weighted by atomic mass is 16.5. The van der Waals surface area contributed by atoms with E-state index in [9.17, 15) is 4.79 Å². The van der Waals surface area contributed by atoms with Crippen LogP contribution in [-0.4, -0.2) is 27.5 Å². The van der Waals surface area contributed by atoms with Gasteiger partial charge in [0.2, 0.25) is 5.91 Å². The molecule has 0 radical (unpaired) electrons. The fraction of sp³-hybridized carbons (Fsp3) is 0.222. The topological polar surface area (TPSA) is 89.1 Å². The van der Waals surface area contributed by atoms with E-state index in [4.69, 9.17) is 9.47 Å². The lowest BCUT2D eigenvalue weighted by Crippen LogP contribution is -2.20. The highest BCUT2D eigenvalue weighted by Gasteiger charge is 2.25. The Morgan fingerprint density at radius 2 is 2.03 bits per heavy atom. The van der Waals surface area contributed by atoms with Gasteiger partial charge in [0.1, 0.15) is 28.9 Å². The molecule has 0 aliphatic carbocycles. The van der Waals surface area contributed by atoms with Crippen LogP contribution in [0.15, 0.2) is 60.9 Å². The first kappa shape index (κ1) is 20.5. The molecule has 2 aromatic carbocycles. The lowest BCUT2D eigenvalue weighted by atomic mass is 9.96. The van der Waals surface area contributed by atoms with Gasteiger partial charge in [-0.15, -0.1) is 0 Å².